The van der Waals surface area contributed by atoms with Crippen LogP contribution >= 0.6 is 0 Å². The van der Waals surface area contributed by atoms with Crippen LogP contribution in [0.3, 0.4) is 0 Å². The van der Waals surface area contributed by atoms with E-state index in [1.165, 1.54) is 0 Å². The standard InChI is InChI=1S/C16H29N5O3/c1-4-16(23)17-14-6-5-13(24-15(14)11-22)7-8-21-10-12(18-19-21)9-20(2)3/h10,13-15,22H,4-9,11H2,1-3H3,(H,17,23)/t13-,14-,15+/m0/s1. The van der Waals surface area contributed by atoms with Gasteiger partial charge in [0.25, 0.3) is 0 Å². The van der Waals surface area contributed by atoms with E-state index in [4.69, 9.17) is 4.74 Å². The average molecular weight is 339 g/mol. The highest BCUT2D eigenvalue weighted by Gasteiger charge is 2.31. The van der Waals surface area contributed by atoms with E-state index in [1.807, 2.05) is 31.9 Å². The molecule has 1 aromatic heterocycles. The summed E-state index contributed by atoms with van der Waals surface area (Å²) in [6.45, 7) is 3.24. The molecule has 0 spiro atoms. The van der Waals surface area contributed by atoms with Gasteiger partial charge in [0.05, 0.1) is 24.4 Å². The summed E-state index contributed by atoms with van der Waals surface area (Å²) in [6, 6.07) is -0.100. The van der Waals surface area contributed by atoms with Gasteiger partial charge in [0.1, 0.15) is 6.10 Å². The first-order valence-electron chi connectivity index (χ1n) is 8.61. The fourth-order valence-corrected chi connectivity index (χ4v) is 2.94. The van der Waals surface area contributed by atoms with Crippen molar-refractivity contribution in [2.75, 3.05) is 20.7 Å². The molecule has 1 fully saturated rings. The maximum Gasteiger partial charge on any atom is 0.220 e. The van der Waals surface area contributed by atoms with Crippen LogP contribution in [-0.4, -0.2) is 69.9 Å². The summed E-state index contributed by atoms with van der Waals surface area (Å²) in [4.78, 5) is 13.6. The van der Waals surface area contributed by atoms with Gasteiger partial charge in [0.15, 0.2) is 0 Å². The maximum atomic E-state index is 11.5. The lowest BCUT2D eigenvalue weighted by molar-refractivity contribution is -0.128. The number of aliphatic hydroxyl groups is 1. The third kappa shape index (κ3) is 5.54. The molecule has 2 N–H and O–H groups in total. The van der Waals surface area contributed by atoms with Gasteiger partial charge < -0.3 is 20.1 Å². The van der Waals surface area contributed by atoms with Crippen LogP contribution in [0.1, 0.15) is 38.3 Å². The van der Waals surface area contributed by atoms with Crippen molar-refractivity contribution >= 4 is 5.91 Å². The van der Waals surface area contributed by atoms with E-state index >= 15 is 0 Å². The summed E-state index contributed by atoms with van der Waals surface area (Å²) in [5.74, 6) is -0.00321. The van der Waals surface area contributed by atoms with Gasteiger partial charge >= 0.3 is 0 Å². The molecule has 1 aromatic rings. The molecule has 2 rings (SSSR count). The van der Waals surface area contributed by atoms with Crippen LogP contribution in [0.2, 0.25) is 0 Å². The Hall–Kier alpha value is -1.51. The van der Waals surface area contributed by atoms with Gasteiger partial charge in [-0.3, -0.25) is 9.48 Å². The van der Waals surface area contributed by atoms with Crippen molar-refractivity contribution in [2.24, 2.45) is 0 Å². The molecule has 0 aliphatic carbocycles. The monoisotopic (exact) mass is 339 g/mol. The smallest absolute Gasteiger partial charge is 0.220 e. The van der Waals surface area contributed by atoms with E-state index in [1.54, 1.807) is 0 Å². The quantitative estimate of drug-likeness (QED) is 0.701. The molecule has 0 bridgehead atoms. The Morgan fingerprint density at radius 2 is 2.29 bits per heavy atom. The van der Waals surface area contributed by atoms with E-state index in [2.05, 4.69) is 20.5 Å². The molecule has 8 heteroatoms. The van der Waals surface area contributed by atoms with Crippen LogP contribution in [0.25, 0.3) is 0 Å². The third-order valence-electron chi connectivity index (χ3n) is 4.21. The SMILES string of the molecule is CCC(=O)N[C@H]1CC[C@@H](CCn2cc(CN(C)C)nn2)O[C@@H]1CO. The van der Waals surface area contributed by atoms with Crippen molar-refractivity contribution in [3.63, 3.8) is 0 Å². The van der Waals surface area contributed by atoms with Gasteiger partial charge in [-0.05, 0) is 33.4 Å². The van der Waals surface area contributed by atoms with Crippen LogP contribution < -0.4 is 5.32 Å². The number of hydrogen-bond donors (Lipinski definition) is 2. The highest BCUT2D eigenvalue weighted by molar-refractivity contribution is 5.75. The number of rotatable bonds is 8. The van der Waals surface area contributed by atoms with Crippen molar-refractivity contribution < 1.29 is 14.6 Å². The molecule has 136 valence electrons. The van der Waals surface area contributed by atoms with E-state index in [9.17, 15) is 9.90 Å². The minimum atomic E-state index is -0.334. The summed E-state index contributed by atoms with van der Waals surface area (Å²) in [6.07, 6.45) is 4.64. The van der Waals surface area contributed by atoms with E-state index < -0.39 is 0 Å². The van der Waals surface area contributed by atoms with Crippen molar-refractivity contribution in [1.29, 1.82) is 0 Å². The third-order valence-corrected chi connectivity index (χ3v) is 4.21. The number of nitrogens with zero attached hydrogens (tertiary/aromatic N) is 4. The average Bonchev–Trinajstić information content (AvgIpc) is 3.00. The zero-order valence-corrected chi connectivity index (χ0v) is 14.8. The number of hydrogen-bond acceptors (Lipinski definition) is 6. The van der Waals surface area contributed by atoms with E-state index in [0.29, 0.717) is 6.42 Å². The number of aromatic nitrogens is 3. The van der Waals surface area contributed by atoms with Crippen LogP contribution in [0, 0.1) is 0 Å². The summed E-state index contributed by atoms with van der Waals surface area (Å²) in [5, 5.41) is 20.7. The minimum Gasteiger partial charge on any atom is -0.394 e. The lowest BCUT2D eigenvalue weighted by atomic mass is 9.97. The van der Waals surface area contributed by atoms with Crippen molar-refractivity contribution in [3.05, 3.63) is 11.9 Å². The summed E-state index contributed by atoms with van der Waals surface area (Å²) >= 11 is 0. The Balaban J connectivity index is 1.80. The molecule has 3 atom stereocenters. The summed E-state index contributed by atoms with van der Waals surface area (Å²) in [5.41, 5.74) is 0.945. The van der Waals surface area contributed by atoms with Crippen LogP contribution in [0.5, 0.6) is 0 Å². The molecule has 1 aliphatic rings. The van der Waals surface area contributed by atoms with Crippen molar-refractivity contribution in [2.45, 2.75) is 63.9 Å². The highest BCUT2D eigenvalue weighted by Crippen LogP contribution is 2.22. The highest BCUT2D eigenvalue weighted by atomic mass is 16.5. The number of nitrogens with one attached hydrogen (secondary N) is 1. The number of aliphatic hydroxyl groups excluding tert-OH is 1. The van der Waals surface area contributed by atoms with Gasteiger partial charge in [-0.2, -0.15) is 0 Å². The lowest BCUT2D eigenvalue weighted by Gasteiger charge is -2.36. The van der Waals surface area contributed by atoms with Crippen LogP contribution in [0.4, 0.5) is 0 Å². The van der Waals surface area contributed by atoms with Crippen LogP contribution in [0.15, 0.2) is 6.20 Å². The number of carbonyl (C=O) groups excluding carboxylic acids is 1. The Morgan fingerprint density at radius 1 is 1.50 bits per heavy atom. The molecule has 8 nitrogen and oxygen atoms in total. The molecule has 0 aromatic carbocycles. The van der Waals surface area contributed by atoms with E-state index in [-0.39, 0.29) is 30.8 Å². The second-order valence-electron chi connectivity index (χ2n) is 6.58. The summed E-state index contributed by atoms with van der Waals surface area (Å²) in [7, 11) is 4.00. The molecule has 1 aliphatic heterocycles. The minimum absolute atomic E-state index is 0.00321. The second-order valence-corrected chi connectivity index (χ2v) is 6.58. The molecule has 1 amide bonds. The number of carbonyl (C=O) groups is 1. The molecule has 2 heterocycles. The zero-order valence-electron chi connectivity index (χ0n) is 14.8. The predicted octanol–water partition coefficient (Wildman–Crippen LogP) is 0.165. The fourth-order valence-electron chi connectivity index (χ4n) is 2.94. The molecule has 0 unspecified atom stereocenters. The first-order chi connectivity index (χ1) is 11.5. The fraction of sp³-hybridized carbons (Fsp3) is 0.812. The molecule has 1 saturated heterocycles. The van der Waals surface area contributed by atoms with Crippen molar-refractivity contribution in [1.82, 2.24) is 25.2 Å². The van der Waals surface area contributed by atoms with Gasteiger partial charge in [0.2, 0.25) is 5.91 Å². The second kappa shape index (κ2) is 9.10. The Labute approximate surface area is 143 Å². The Bertz CT molecular complexity index is 520. The Morgan fingerprint density at radius 3 is 2.96 bits per heavy atom. The predicted molar refractivity (Wildman–Crippen MR) is 89.2 cm³/mol. The molecular formula is C16H29N5O3. The number of amides is 1. The Kier molecular flexibility index (Phi) is 7.14. The van der Waals surface area contributed by atoms with Gasteiger partial charge in [0, 0.05) is 25.7 Å². The summed E-state index contributed by atoms with van der Waals surface area (Å²) < 4.78 is 7.79. The molecular weight excluding hydrogens is 310 g/mol. The molecule has 0 radical (unpaired) electrons. The first-order valence-corrected chi connectivity index (χ1v) is 8.61. The van der Waals surface area contributed by atoms with Gasteiger partial charge in [-0.15, -0.1) is 5.10 Å². The molecule has 24 heavy (non-hydrogen) atoms. The van der Waals surface area contributed by atoms with Crippen molar-refractivity contribution in [3.8, 4) is 0 Å². The zero-order chi connectivity index (χ0) is 17.5. The van der Waals surface area contributed by atoms with Crippen LogP contribution in [-0.2, 0) is 22.6 Å². The topological polar surface area (TPSA) is 92.5 Å². The van der Waals surface area contributed by atoms with E-state index in [0.717, 1.165) is 38.0 Å². The number of aryl methyl sites for hydroxylation is 1. The maximum absolute atomic E-state index is 11.5. The lowest BCUT2D eigenvalue weighted by Crippen LogP contribution is -2.50. The van der Waals surface area contributed by atoms with Gasteiger partial charge in [-0.25, -0.2) is 0 Å². The largest absolute Gasteiger partial charge is 0.394 e. The normalized spacial score (nSPS) is 24.3. The number of ether oxygens (including phenoxy) is 1. The first kappa shape index (κ1) is 18.8. The molecule has 0 saturated carbocycles. The van der Waals surface area contributed by atoms with Gasteiger partial charge in [-0.1, -0.05) is 12.1 Å².